The number of halogens is 1. The largest absolute Gasteiger partial charge is 0.496 e. The van der Waals surface area contributed by atoms with Gasteiger partial charge in [-0.25, -0.2) is 4.79 Å². The minimum Gasteiger partial charge on any atom is -0.496 e. The van der Waals surface area contributed by atoms with Crippen molar-refractivity contribution in [3.05, 3.63) is 39.9 Å². The molecular formula is C13H11IO4. The van der Waals surface area contributed by atoms with E-state index in [0.29, 0.717) is 5.56 Å². The van der Waals surface area contributed by atoms with Crippen molar-refractivity contribution in [3.8, 4) is 16.9 Å². The molecular weight excluding hydrogens is 347 g/mol. The van der Waals surface area contributed by atoms with E-state index in [1.807, 2.05) is 18.2 Å². The second-order valence-electron chi connectivity index (χ2n) is 3.50. The van der Waals surface area contributed by atoms with E-state index in [4.69, 9.17) is 9.15 Å². The van der Waals surface area contributed by atoms with Gasteiger partial charge in [-0.3, -0.25) is 0 Å². The van der Waals surface area contributed by atoms with E-state index in [0.717, 1.165) is 14.9 Å². The van der Waals surface area contributed by atoms with Gasteiger partial charge < -0.3 is 13.9 Å². The van der Waals surface area contributed by atoms with Crippen LogP contribution >= 0.6 is 22.6 Å². The van der Waals surface area contributed by atoms with Crippen molar-refractivity contribution >= 4 is 28.6 Å². The lowest BCUT2D eigenvalue weighted by molar-refractivity contribution is 0.0566. The van der Waals surface area contributed by atoms with Crippen LogP contribution in [0, 0.1) is 3.57 Å². The lowest BCUT2D eigenvalue weighted by atomic mass is 10.1. The fourth-order valence-corrected chi connectivity index (χ4v) is 2.36. The average molecular weight is 358 g/mol. The summed E-state index contributed by atoms with van der Waals surface area (Å²) < 4.78 is 16.0. The summed E-state index contributed by atoms with van der Waals surface area (Å²) in [6.45, 7) is 0. The number of benzene rings is 1. The van der Waals surface area contributed by atoms with Crippen LogP contribution in [0.4, 0.5) is 0 Å². The highest BCUT2D eigenvalue weighted by atomic mass is 127. The Labute approximate surface area is 118 Å². The monoisotopic (exact) mass is 358 g/mol. The summed E-state index contributed by atoms with van der Waals surface area (Å²) >= 11 is 2.18. The van der Waals surface area contributed by atoms with Crippen molar-refractivity contribution in [3.63, 3.8) is 0 Å². The summed E-state index contributed by atoms with van der Waals surface area (Å²) in [7, 11) is 2.95. The summed E-state index contributed by atoms with van der Waals surface area (Å²) in [5.74, 6) is 0.516. The van der Waals surface area contributed by atoms with Crippen LogP contribution in [-0.4, -0.2) is 20.2 Å². The van der Waals surface area contributed by atoms with Crippen LogP contribution in [0.2, 0.25) is 0 Å². The molecule has 0 bridgehead atoms. The highest BCUT2D eigenvalue weighted by Gasteiger charge is 2.17. The Morgan fingerprint density at radius 2 is 2.06 bits per heavy atom. The molecule has 0 radical (unpaired) electrons. The molecule has 18 heavy (non-hydrogen) atoms. The lowest BCUT2D eigenvalue weighted by Crippen LogP contribution is -2.01. The molecule has 0 unspecified atom stereocenters. The van der Waals surface area contributed by atoms with Crippen LogP contribution in [0.25, 0.3) is 11.1 Å². The first kappa shape index (κ1) is 12.9. The molecule has 0 saturated heterocycles. The van der Waals surface area contributed by atoms with E-state index in [2.05, 4.69) is 27.3 Å². The number of carbonyl (C=O) groups excluding carboxylic acids is 1. The van der Waals surface area contributed by atoms with Gasteiger partial charge in [-0.2, -0.15) is 0 Å². The lowest BCUT2D eigenvalue weighted by Gasteiger charge is -2.06. The Bertz CT molecular complexity index is 574. The fraction of sp³-hybridized carbons (Fsp3) is 0.154. The van der Waals surface area contributed by atoms with Gasteiger partial charge in [0.1, 0.15) is 5.75 Å². The Balaban J connectivity index is 2.46. The summed E-state index contributed by atoms with van der Waals surface area (Å²) in [4.78, 5) is 11.5. The van der Waals surface area contributed by atoms with Gasteiger partial charge in [0, 0.05) is 5.56 Å². The summed E-state index contributed by atoms with van der Waals surface area (Å²) in [5.41, 5.74) is 1.59. The Morgan fingerprint density at radius 3 is 2.67 bits per heavy atom. The minimum atomic E-state index is -0.485. The van der Waals surface area contributed by atoms with E-state index in [1.165, 1.54) is 13.4 Å². The van der Waals surface area contributed by atoms with Gasteiger partial charge in [-0.15, -0.1) is 0 Å². The highest BCUT2D eigenvalue weighted by Crippen LogP contribution is 2.30. The van der Waals surface area contributed by atoms with Crippen LogP contribution in [0.15, 0.2) is 34.9 Å². The molecule has 94 valence electrons. The number of esters is 1. The quantitative estimate of drug-likeness (QED) is 0.624. The second kappa shape index (κ2) is 5.43. The van der Waals surface area contributed by atoms with Gasteiger partial charge in [0.15, 0.2) is 0 Å². The predicted octanol–water partition coefficient (Wildman–Crippen LogP) is 3.35. The fourth-order valence-electron chi connectivity index (χ4n) is 1.62. The van der Waals surface area contributed by atoms with Crippen molar-refractivity contribution in [1.82, 2.24) is 0 Å². The molecule has 4 nitrogen and oxygen atoms in total. The number of furan rings is 1. The average Bonchev–Trinajstić information content (AvgIpc) is 2.86. The third-order valence-electron chi connectivity index (χ3n) is 2.50. The summed E-state index contributed by atoms with van der Waals surface area (Å²) in [5, 5.41) is 0. The van der Waals surface area contributed by atoms with Crippen LogP contribution in [0.5, 0.6) is 5.75 Å². The zero-order valence-electron chi connectivity index (χ0n) is 9.90. The van der Waals surface area contributed by atoms with E-state index in [-0.39, 0.29) is 5.76 Å². The highest BCUT2D eigenvalue weighted by molar-refractivity contribution is 14.1. The number of hydrogen-bond donors (Lipinski definition) is 0. The van der Waals surface area contributed by atoms with E-state index in [9.17, 15) is 4.79 Å². The van der Waals surface area contributed by atoms with Gasteiger partial charge in [0.05, 0.1) is 24.1 Å². The third-order valence-corrected chi connectivity index (χ3v) is 3.34. The molecule has 1 heterocycles. The van der Waals surface area contributed by atoms with Crippen molar-refractivity contribution in [2.24, 2.45) is 0 Å². The number of carbonyl (C=O) groups is 1. The molecule has 0 fully saturated rings. The molecule has 0 N–H and O–H groups in total. The van der Waals surface area contributed by atoms with Crippen molar-refractivity contribution < 1.29 is 18.7 Å². The van der Waals surface area contributed by atoms with Crippen LogP contribution < -0.4 is 4.74 Å². The number of rotatable bonds is 3. The summed E-state index contributed by atoms with van der Waals surface area (Å²) in [6.07, 6.45) is 1.47. The molecule has 0 amide bonds. The topological polar surface area (TPSA) is 48.7 Å². The van der Waals surface area contributed by atoms with Gasteiger partial charge in [0.2, 0.25) is 5.76 Å². The van der Waals surface area contributed by atoms with Gasteiger partial charge in [0.25, 0.3) is 0 Å². The van der Waals surface area contributed by atoms with Crippen molar-refractivity contribution in [2.45, 2.75) is 0 Å². The van der Waals surface area contributed by atoms with E-state index >= 15 is 0 Å². The van der Waals surface area contributed by atoms with Gasteiger partial charge in [-0.1, -0.05) is 6.07 Å². The van der Waals surface area contributed by atoms with E-state index in [1.54, 1.807) is 13.2 Å². The number of hydrogen-bond acceptors (Lipinski definition) is 4. The maximum absolute atomic E-state index is 11.5. The van der Waals surface area contributed by atoms with Crippen molar-refractivity contribution in [1.29, 1.82) is 0 Å². The third kappa shape index (κ3) is 2.35. The minimum absolute atomic E-state index is 0.207. The first-order chi connectivity index (χ1) is 8.67. The molecule has 0 spiro atoms. The molecule has 0 atom stereocenters. The van der Waals surface area contributed by atoms with Gasteiger partial charge >= 0.3 is 5.97 Å². The maximum atomic E-state index is 11.5. The normalized spacial score (nSPS) is 10.2. The molecule has 0 aliphatic rings. The molecule has 2 rings (SSSR count). The smallest absolute Gasteiger partial charge is 0.374 e. The molecule has 5 heteroatoms. The first-order valence-corrected chi connectivity index (χ1v) is 6.25. The molecule has 0 saturated carbocycles. The van der Waals surface area contributed by atoms with E-state index < -0.39 is 5.97 Å². The van der Waals surface area contributed by atoms with Crippen LogP contribution in [0.1, 0.15) is 10.6 Å². The van der Waals surface area contributed by atoms with Crippen LogP contribution in [-0.2, 0) is 4.74 Å². The molecule has 1 aromatic heterocycles. The second-order valence-corrected chi connectivity index (χ2v) is 4.67. The Hall–Kier alpha value is -1.50. The standard InChI is InChI=1S/C13H11IO4/c1-16-11-4-3-8(7-10(11)14)9-5-6-18-12(9)13(15)17-2/h3-7H,1-2H3. The molecule has 0 aliphatic carbocycles. The number of ether oxygens (including phenoxy) is 2. The Morgan fingerprint density at radius 1 is 1.28 bits per heavy atom. The zero-order chi connectivity index (χ0) is 13.1. The predicted molar refractivity (Wildman–Crippen MR) is 74.8 cm³/mol. The number of methoxy groups -OCH3 is 2. The maximum Gasteiger partial charge on any atom is 0.374 e. The molecule has 2 aromatic rings. The molecule has 0 aliphatic heterocycles. The SMILES string of the molecule is COC(=O)c1occc1-c1ccc(OC)c(I)c1. The first-order valence-electron chi connectivity index (χ1n) is 5.17. The molecule has 1 aromatic carbocycles. The Kier molecular flexibility index (Phi) is 3.90. The van der Waals surface area contributed by atoms with Crippen molar-refractivity contribution in [2.75, 3.05) is 14.2 Å². The van der Waals surface area contributed by atoms with Gasteiger partial charge in [-0.05, 0) is 46.4 Å². The summed E-state index contributed by atoms with van der Waals surface area (Å²) in [6, 6.07) is 7.39. The zero-order valence-corrected chi connectivity index (χ0v) is 12.1. The van der Waals surface area contributed by atoms with Crippen LogP contribution in [0.3, 0.4) is 0 Å².